The normalized spacial score (nSPS) is 16.4. The number of carbonyl (C=O) groups is 1. The summed E-state index contributed by atoms with van der Waals surface area (Å²) in [4.78, 5) is 17.2. The molecule has 0 bridgehead atoms. The van der Waals surface area contributed by atoms with E-state index in [2.05, 4.69) is 5.32 Å². The molecule has 1 amide bonds. The predicted octanol–water partition coefficient (Wildman–Crippen LogP) is 0.969. The van der Waals surface area contributed by atoms with Crippen LogP contribution in [0, 0.1) is 0 Å². The van der Waals surface area contributed by atoms with E-state index in [1.807, 2.05) is 17.2 Å². The molecule has 0 aliphatic carbocycles. The first-order valence-electron chi connectivity index (χ1n) is 8.27. The van der Waals surface area contributed by atoms with Gasteiger partial charge in [0, 0.05) is 32.1 Å². The van der Waals surface area contributed by atoms with Gasteiger partial charge in [-0.2, -0.15) is 5.06 Å². The van der Waals surface area contributed by atoms with Crippen molar-refractivity contribution >= 4 is 5.91 Å². The first kappa shape index (κ1) is 18.5. The Morgan fingerprint density at radius 2 is 2.25 bits per heavy atom. The van der Waals surface area contributed by atoms with Gasteiger partial charge in [0.05, 0.1) is 13.7 Å². The monoisotopic (exact) mass is 338 g/mol. The van der Waals surface area contributed by atoms with Gasteiger partial charge in [-0.1, -0.05) is 6.07 Å². The molecule has 2 rings (SSSR count). The fourth-order valence-electron chi connectivity index (χ4n) is 2.31. The molecule has 7 heteroatoms. The Morgan fingerprint density at radius 1 is 1.42 bits per heavy atom. The molecule has 134 valence electrons. The summed E-state index contributed by atoms with van der Waals surface area (Å²) in [6.07, 6.45) is 1.75. The summed E-state index contributed by atoms with van der Waals surface area (Å²) >= 11 is 0. The number of nitrogens with one attached hydrogen (secondary N) is 1. The molecule has 1 fully saturated rings. The van der Waals surface area contributed by atoms with Crippen molar-refractivity contribution in [2.45, 2.75) is 25.4 Å². The number of aliphatic hydroxyl groups excluding tert-OH is 1. The summed E-state index contributed by atoms with van der Waals surface area (Å²) in [5, 5.41) is 14.4. The van der Waals surface area contributed by atoms with Crippen LogP contribution in [0.2, 0.25) is 0 Å². The van der Waals surface area contributed by atoms with E-state index in [0.29, 0.717) is 24.5 Å². The van der Waals surface area contributed by atoms with Crippen molar-refractivity contribution in [2.24, 2.45) is 0 Å². The van der Waals surface area contributed by atoms with E-state index in [9.17, 15) is 9.90 Å². The van der Waals surface area contributed by atoms with Gasteiger partial charge in [-0.15, -0.1) is 0 Å². The number of hydroxylamine groups is 2. The second-order valence-electron chi connectivity index (χ2n) is 5.67. The van der Waals surface area contributed by atoms with Crippen molar-refractivity contribution < 1.29 is 24.2 Å². The van der Waals surface area contributed by atoms with Crippen LogP contribution in [-0.2, 0) is 9.63 Å². The van der Waals surface area contributed by atoms with Crippen molar-refractivity contribution in [3.8, 4) is 11.5 Å². The molecule has 0 spiro atoms. The Labute approximate surface area is 142 Å². The Balaban J connectivity index is 1.59. The lowest BCUT2D eigenvalue weighted by Gasteiger charge is -2.25. The molecule has 0 aromatic heterocycles. The molecule has 1 atom stereocenters. The van der Waals surface area contributed by atoms with Gasteiger partial charge in [-0.25, -0.2) is 0 Å². The van der Waals surface area contributed by atoms with Crippen LogP contribution in [0.5, 0.6) is 11.5 Å². The highest BCUT2D eigenvalue weighted by Crippen LogP contribution is 2.18. The van der Waals surface area contributed by atoms with Gasteiger partial charge in [0.1, 0.15) is 24.2 Å². The minimum Gasteiger partial charge on any atom is -0.497 e. The third-order valence-electron chi connectivity index (χ3n) is 3.68. The van der Waals surface area contributed by atoms with Crippen molar-refractivity contribution in [2.75, 3.05) is 40.0 Å². The topological polar surface area (TPSA) is 80.3 Å². The number of carbonyl (C=O) groups excluding carboxylic acids is 1. The number of amides is 1. The molecular weight excluding hydrogens is 312 g/mol. The van der Waals surface area contributed by atoms with Crippen molar-refractivity contribution in [3.63, 3.8) is 0 Å². The Bertz CT molecular complexity index is 506. The highest BCUT2D eigenvalue weighted by atomic mass is 16.7. The molecular formula is C17H26N2O5. The van der Waals surface area contributed by atoms with E-state index >= 15 is 0 Å². The molecule has 0 radical (unpaired) electrons. The summed E-state index contributed by atoms with van der Waals surface area (Å²) in [6, 6.07) is 7.15. The lowest BCUT2D eigenvalue weighted by molar-refractivity contribution is -0.181. The molecule has 7 nitrogen and oxygen atoms in total. The Morgan fingerprint density at radius 3 is 3.00 bits per heavy atom. The SMILES string of the molecule is COc1cccc(OCC(O)CNC(=O)CCN2CCCCO2)c1. The van der Waals surface area contributed by atoms with Crippen LogP contribution in [0.3, 0.4) is 0 Å². The molecule has 1 aromatic rings. The number of hydrogen-bond donors (Lipinski definition) is 2. The molecule has 1 unspecified atom stereocenters. The van der Waals surface area contributed by atoms with Gasteiger partial charge >= 0.3 is 0 Å². The summed E-state index contributed by atoms with van der Waals surface area (Å²) in [7, 11) is 1.58. The molecule has 1 aliphatic heterocycles. The predicted molar refractivity (Wildman–Crippen MR) is 88.9 cm³/mol. The molecule has 1 saturated heterocycles. The Hall–Kier alpha value is -1.83. The molecule has 1 aliphatic rings. The van der Waals surface area contributed by atoms with Gasteiger partial charge in [0.25, 0.3) is 0 Å². The zero-order chi connectivity index (χ0) is 17.2. The van der Waals surface area contributed by atoms with Crippen LogP contribution in [0.15, 0.2) is 24.3 Å². The van der Waals surface area contributed by atoms with E-state index in [0.717, 1.165) is 26.0 Å². The molecule has 1 heterocycles. The van der Waals surface area contributed by atoms with Gasteiger partial charge < -0.3 is 19.9 Å². The van der Waals surface area contributed by atoms with Crippen LogP contribution in [-0.4, -0.2) is 62.1 Å². The van der Waals surface area contributed by atoms with Crippen LogP contribution in [0.4, 0.5) is 0 Å². The molecule has 2 N–H and O–H groups in total. The van der Waals surface area contributed by atoms with Crippen molar-refractivity contribution in [1.29, 1.82) is 0 Å². The average Bonchev–Trinajstić information content (AvgIpc) is 2.64. The number of hydrogen-bond acceptors (Lipinski definition) is 6. The fourth-order valence-corrected chi connectivity index (χ4v) is 2.31. The van der Waals surface area contributed by atoms with E-state index in [-0.39, 0.29) is 19.1 Å². The lowest BCUT2D eigenvalue weighted by Crippen LogP contribution is -2.38. The van der Waals surface area contributed by atoms with E-state index in [1.54, 1.807) is 19.2 Å². The van der Waals surface area contributed by atoms with Gasteiger partial charge in [0.2, 0.25) is 5.91 Å². The van der Waals surface area contributed by atoms with Gasteiger partial charge in [-0.3, -0.25) is 9.63 Å². The second kappa shape index (κ2) is 10.1. The van der Waals surface area contributed by atoms with Crippen LogP contribution < -0.4 is 14.8 Å². The number of methoxy groups -OCH3 is 1. The van der Waals surface area contributed by atoms with Gasteiger partial charge in [-0.05, 0) is 25.0 Å². The quantitative estimate of drug-likeness (QED) is 0.698. The van der Waals surface area contributed by atoms with Crippen molar-refractivity contribution in [1.82, 2.24) is 10.4 Å². The van der Waals surface area contributed by atoms with Gasteiger partial charge in [0.15, 0.2) is 0 Å². The largest absolute Gasteiger partial charge is 0.497 e. The summed E-state index contributed by atoms with van der Waals surface area (Å²) in [5.74, 6) is 1.20. The summed E-state index contributed by atoms with van der Waals surface area (Å²) in [6.45, 7) is 2.42. The zero-order valence-electron chi connectivity index (χ0n) is 14.1. The fraction of sp³-hybridized carbons (Fsp3) is 0.588. The Kier molecular flexibility index (Phi) is 7.81. The number of benzene rings is 1. The van der Waals surface area contributed by atoms with E-state index < -0.39 is 6.10 Å². The van der Waals surface area contributed by atoms with E-state index in [4.69, 9.17) is 14.3 Å². The first-order chi connectivity index (χ1) is 11.7. The van der Waals surface area contributed by atoms with E-state index in [1.165, 1.54) is 0 Å². The molecule has 24 heavy (non-hydrogen) atoms. The maximum absolute atomic E-state index is 11.8. The standard InChI is InChI=1S/C17H26N2O5/c1-22-15-5-4-6-16(11-15)23-13-14(20)12-18-17(21)7-9-19-8-2-3-10-24-19/h4-6,11,14,20H,2-3,7-10,12-13H2,1H3,(H,18,21). The number of ether oxygens (including phenoxy) is 2. The molecule has 0 saturated carbocycles. The third-order valence-corrected chi connectivity index (χ3v) is 3.68. The maximum Gasteiger partial charge on any atom is 0.221 e. The third kappa shape index (κ3) is 6.74. The number of aliphatic hydroxyl groups is 1. The zero-order valence-corrected chi connectivity index (χ0v) is 14.1. The highest BCUT2D eigenvalue weighted by molar-refractivity contribution is 5.76. The smallest absolute Gasteiger partial charge is 0.221 e. The summed E-state index contributed by atoms with van der Waals surface area (Å²) in [5.41, 5.74) is 0. The second-order valence-corrected chi connectivity index (χ2v) is 5.67. The molecule has 1 aromatic carbocycles. The minimum atomic E-state index is -0.772. The maximum atomic E-state index is 11.8. The van der Waals surface area contributed by atoms with Crippen LogP contribution in [0.25, 0.3) is 0 Å². The van der Waals surface area contributed by atoms with Crippen LogP contribution >= 0.6 is 0 Å². The summed E-state index contributed by atoms with van der Waals surface area (Å²) < 4.78 is 10.6. The van der Waals surface area contributed by atoms with Crippen molar-refractivity contribution in [3.05, 3.63) is 24.3 Å². The number of rotatable bonds is 9. The highest BCUT2D eigenvalue weighted by Gasteiger charge is 2.13. The number of nitrogens with zero attached hydrogens (tertiary/aromatic N) is 1. The van der Waals surface area contributed by atoms with Crippen LogP contribution in [0.1, 0.15) is 19.3 Å². The average molecular weight is 338 g/mol. The minimum absolute atomic E-state index is 0.0999. The lowest BCUT2D eigenvalue weighted by atomic mass is 10.3. The first-order valence-corrected chi connectivity index (χ1v) is 8.27.